The molecule has 6 nitrogen and oxygen atoms in total. The van der Waals surface area contributed by atoms with E-state index >= 15 is 0 Å². The normalized spacial score (nSPS) is 16.0. The molecule has 0 amide bonds. The zero-order chi connectivity index (χ0) is 20.1. The third-order valence-electron chi connectivity index (χ3n) is 5.13. The van der Waals surface area contributed by atoms with Crippen LogP contribution in [0.5, 0.6) is 5.75 Å². The van der Waals surface area contributed by atoms with Gasteiger partial charge < -0.3 is 14.7 Å². The Morgan fingerprint density at radius 2 is 1.79 bits per heavy atom. The summed E-state index contributed by atoms with van der Waals surface area (Å²) in [4.78, 5) is 4.62. The van der Waals surface area contributed by atoms with Gasteiger partial charge in [-0.25, -0.2) is 0 Å². The number of rotatable bonds is 7. The van der Waals surface area contributed by atoms with Crippen molar-refractivity contribution in [2.24, 2.45) is 0 Å². The van der Waals surface area contributed by atoms with Crippen LogP contribution >= 0.6 is 11.6 Å². The van der Waals surface area contributed by atoms with Crippen molar-refractivity contribution in [2.75, 3.05) is 44.2 Å². The van der Waals surface area contributed by atoms with Crippen molar-refractivity contribution in [1.29, 1.82) is 0 Å². The third kappa shape index (κ3) is 5.09. The molecule has 0 spiro atoms. The molecule has 3 aromatic rings. The maximum Gasteiger partial charge on any atom is 0.128 e. The number of piperazine rings is 1. The lowest BCUT2D eigenvalue weighted by molar-refractivity contribution is 0.0665. The number of aromatic amines is 1. The molecule has 2 heterocycles. The summed E-state index contributed by atoms with van der Waals surface area (Å²) in [6.45, 7) is 4.51. The van der Waals surface area contributed by atoms with Crippen LogP contribution < -0.4 is 9.64 Å². The van der Waals surface area contributed by atoms with Crippen molar-refractivity contribution in [2.45, 2.75) is 6.10 Å². The minimum atomic E-state index is -0.552. The third-order valence-corrected chi connectivity index (χ3v) is 5.38. The highest BCUT2D eigenvalue weighted by Crippen LogP contribution is 2.28. The Hall–Kier alpha value is -2.54. The van der Waals surface area contributed by atoms with Gasteiger partial charge >= 0.3 is 0 Å². The Balaban J connectivity index is 1.26. The molecule has 1 atom stereocenters. The first-order chi connectivity index (χ1) is 14.2. The molecule has 1 aliphatic rings. The van der Waals surface area contributed by atoms with Crippen LogP contribution in [-0.4, -0.2) is 65.6 Å². The number of hydrogen-bond donors (Lipinski definition) is 2. The van der Waals surface area contributed by atoms with E-state index in [2.05, 4.69) is 32.1 Å². The summed E-state index contributed by atoms with van der Waals surface area (Å²) < 4.78 is 5.91. The van der Waals surface area contributed by atoms with Crippen LogP contribution in [0.4, 0.5) is 5.69 Å². The van der Waals surface area contributed by atoms with Crippen LogP contribution in [0, 0.1) is 0 Å². The predicted octanol–water partition coefficient (Wildman–Crippen LogP) is 3.29. The fourth-order valence-electron chi connectivity index (χ4n) is 3.59. The number of nitrogens with one attached hydrogen (secondary N) is 1. The second-order valence-electron chi connectivity index (χ2n) is 7.18. The van der Waals surface area contributed by atoms with Crippen molar-refractivity contribution < 1.29 is 9.84 Å². The van der Waals surface area contributed by atoms with Crippen molar-refractivity contribution >= 4 is 17.3 Å². The molecule has 0 aliphatic carbocycles. The van der Waals surface area contributed by atoms with Gasteiger partial charge in [0.25, 0.3) is 0 Å². The number of benzene rings is 2. The number of aliphatic hydroxyl groups is 1. The number of aromatic nitrogens is 2. The van der Waals surface area contributed by atoms with E-state index in [0.29, 0.717) is 6.54 Å². The van der Waals surface area contributed by atoms with Crippen molar-refractivity contribution in [3.05, 3.63) is 65.8 Å². The number of hydrogen-bond acceptors (Lipinski definition) is 5. The predicted molar refractivity (Wildman–Crippen MR) is 116 cm³/mol. The zero-order valence-corrected chi connectivity index (χ0v) is 16.9. The summed E-state index contributed by atoms with van der Waals surface area (Å²) in [5.74, 6) is 0.728. The molecule has 2 N–H and O–H groups in total. The van der Waals surface area contributed by atoms with Crippen LogP contribution in [0.15, 0.2) is 60.8 Å². The Morgan fingerprint density at radius 1 is 1.03 bits per heavy atom. The maximum atomic E-state index is 10.5. The molecule has 2 aromatic carbocycles. The molecule has 1 aliphatic heterocycles. The summed E-state index contributed by atoms with van der Waals surface area (Å²) in [6.07, 6.45) is 1.23. The van der Waals surface area contributed by atoms with Gasteiger partial charge in [0.1, 0.15) is 18.5 Å². The van der Waals surface area contributed by atoms with E-state index in [4.69, 9.17) is 16.3 Å². The topological polar surface area (TPSA) is 64.6 Å². The van der Waals surface area contributed by atoms with E-state index in [1.807, 2.05) is 42.5 Å². The monoisotopic (exact) mass is 412 g/mol. The van der Waals surface area contributed by atoms with Gasteiger partial charge in [-0.3, -0.25) is 10.00 Å². The molecule has 0 bridgehead atoms. The molecule has 1 fully saturated rings. The maximum absolute atomic E-state index is 10.5. The molecule has 152 valence electrons. The van der Waals surface area contributed by atoms with E-state index in [-0.39, 0.29) is 6.61 Å². The number of nitrogens with zero attached hydrogens (tertiary/aromatic N) is 3. The lowest BCUT2D eigenvalue weighted by atomic mass is 10.1. The first-order valence-corrected chi connectivity index (χ1v) is 10.2. The molecular weight excluding hydrogens is 388 g/mol. The van der Waals surface area contributed by atoms with E-state index < -0.39 is 6.10 Å². The van der Waals surface area contributed by atoms with E-state index in [0.717, 1.165) is 48.2 Å². The Bertz CT molecular complexity index is 893. The SMILES string of the molecule is OC(COc1ccccc1-c1cc[nH]n1)CN1CCN(c2ccc(Cl)cc2)CC1. The molecule has 1 saturated heterocycles. The standard InChI is InChI=1S/C22H25ClN4O2/c23-17-5-7-18(8-6-17)27-13-11-26(12-14-27)15-19(28)16-29-22-4-2-1-3-20(22)21-9-10-24-25-21/h1-10,19,28H,11-16H2,(H,24,25). The molecule has 4 rings (SSSR count). The molecule has 1 unspecified atom stereocenters. The van der Waals surface area contributed by atoms with Crippen LogP contribution in [0.2, 0.25) is 5.02 Å². The van der Waals surface area contributed by atoms with E-state index in [1.54, 1.807) is 6.20 Å². The average molecular weight is 413 g/mol. The zero-order valence-electron chi connectivity index (χ0n) is 16.2. The molecule has 29 heavy (non-hydrogen) atoms. The number of aliphatic hydroxyl groups excluding tert-OH is 1. The number of β-amino-alcohol motifs (C(OH)–C–C–N with tert-alkyl or cyclic N) is 1. The van der Waals surface area contributed by atoms with Gasteiger partial charge in [0.15, 0.2) is 0 Å². The van der Waals surface area contributed by atoms with Crippen molar-refractivity contribution in [3.8, 4) is 17.0 Å². The largest absolute Gasteiger partial charge is 0.490 e. The minimum absolute atomic E-state index is 0.249. The second-order valence-corrected chi connectivity index (χ2v) is 7.62. The van der Waals surface area contributed by atoms with Gasteiger partial charge in [-0.1, -0.05) is 23.7 Å². The first-order valence-electron chi connectivity index (χ1n) is 9.82. The van der Waals surface area contributed by atoms with Crippen molar-refractivity contribution in [3.63, 3.8) is 0 Å². The summed E-state index contributed by atoms with van der Waals surface area (Å²) in [7, 11) is 0. The van der Waals surface area contributed by atoms with Gasteiger partial charge in [-0.15, -0.1) is 0 Å². The van der Waals surface area contributed by atoms with Gasteiger partial charge in [0.2, 0.25) is 0 Å². The van der Waals surface area contributed by atoms with Crippen LogP contribution in [-0.2, 0) is 0 Å². The lowest BCUT2D eigenvalue weighted by Crippen LogP contribution is -2.49. The number of para-hydroxylation sites is 1. The van der Waals surface area contributed by atoms with Gasteiger partial charge in [-0.2, -0.15) is 5.10 Å². The Labute approximate surface area is 175 Å². The summed E-state index contributed by atoms with van der Waals surface area (Å²) in [5.41, 5.74) is 2.93. The van der Waals surface area contributed by atoms with E-state index in [9.17, 15) is 5.11 Å². The highest BCUT2D eigenvalue weighted by atomic mass is 35.5. The smallest absolute Gasteiger partial charge is 0.128 e. The van der Waals surface area contributed by atoms with Crippen LogP contribution in [0.3, 0.4) is 0 Å². The van der Waals surface area contributed by atoms with Gasteiger partial charge in [0, 0.05) is 55.2 Å². The first kappa shape index (κ1) is 19.8. The summed E-state index contributed by atoms with van der Waals surface area (Å²) in [5, 5.41) is 18.3. The molecule has 1 aromatic heterocycles. The summed E-state index contributed by atoms with van der Waals surface area (Å²) >= 11 is 5.97. The highest BCUT2D eigenvalue weighted by molar-refractivity contribution is 6.30. The lowest BCUT2D eigenvalue weighted by Gasteiger charge is -2.36. The fourth-order valence-corrected chi connectivity index (χ4v) is 3.72. The Kier molecular flexibility index (Phi) is 6.34. The molecular formula is C22H25ClN4O2. The number of halogens is 1. The van der Waals surface area contributed by atoms with Crippen LogP contribution in [0.1, 0.15) is 0 Å². The van der Waals surface area contributed by atoms with Gasteiger partial charge in [-0.05, 0) is 42.5 Å². The van der Waals surface area contributed by atoms with Crippen LogP contribution in [0.25, 0.3) is 11.3 Å². The quantitative estimate of drug-likeness (QED) is 0.623. The van der Waals surface area contributed by atoms with E-state index in [1.165, 1.54) is 5.69 Å². The average Bonchev–Trinajstić information content (AvgIpc) is 3.28. The molecule has 0 saturated carbocycles. The molecule has 0 radical (unpaired) electrons. The summed E-state index contributed by atoms with van der Waals surface area (Å²) in [6, 6.07) is 17.6. The minimum Gasteiger partial charge on any atom is -0.490 e. The Morgan fingerprint density at radius 3 is 2.52 bits per heavy atom. The number of H-pyrrole nitrogens is 1. The number of anilines is 1. The number of ether oxygens (including phenoxy) is 1. The highest BCUT2D eigenvalue weighted by Gasteiger charge is 2.20. The van der Waals surface area contributed by atoms with Crippen molar-refractivity contribution in [1.82, 2.24) is 15.1 Å². The second kappa shape index (κ2) is 9.31. The fraction of sp³-hybridized carbons (Fsp3) is 0.318. The van der Waals surface area contributed by atoms with Gasteiger partial charge in [0.05, 0.1) is 5.69 Å². The molecule has 7 heteroatoms.